The van der Waals surface area contributed by atoms with Gasteiger partial charge in [-0.1, -0.05) is 12.1 Å². The van der Waals surface area contributed by atoms with E-state index in [2.05, 4.69) is 20.0 Å². The Hall–Kier alpha value is -1.14. The average molecular weight is 226 g/mol. The van der Waals surface area contributed by atoms with Crippen LogP contribution in [0.25, 0.3) is 0 Å². The van der Waals surface area contributed by atoms with Gasteiger partial charge in [-0.25, -0.2) is 4.79 Å². The molecule has 1 aliphatic rings. The van der Waals surface area contributed by atoms with Gasteiger partial charge in [0.15, 0.2) is 5.82 Å². The fourth-order valence-electron chi connectivity index (χ4n) is 2.46. The molecule has 4 N–H and O–H groups in total. The fraction of sp³-hybridized carbons (Fsp3) is 0.800. The number of piperidine rings is 1. The third-order valence-corrected chi connectivity index (χ3v) is 3.79. The van der Waals surface area contributed by atoms with E-state index < -0.39 is 5.76 Å². The summed E-state index contributed by atoms with van der Waals surface area (Å²) in [7, 11) is 0. The number of nitrogens with two attached hydrogens (primary N) is 1. The summed E-state index contributed by atoms with van der Waals surface area (Å²) in [5.41, 5.74) is 5.92. The highest BCUT2D eigenvalue weighted by molar-refractivity contribution is 5.03. The zero-order valence-corrected chi connectivity index (χ0v) is 9.45. The molecule has 0 spiro atoms. The van der Waals surface area contributed by atoms with Crippen molar-refractivity contribution in [3.63, 3.8) is 0 Å². The standard InChI is InChI=1S/C10H18N4O2/c1-7(8-13-9(15)16-14-8)10(6-11)2-4-12-5-3-10/h7,12H,2-6,11H2,1H3,(H,13,14,15). The van der Waals surface area contributed by atoms with E-state index in [0.717, 1.165) is 25.9 Å². The maximum Gasteiger partial charge on any atom is 0.438 e. The Labute approximate surface area is 93.6 Å². The summed E-state index contributed by atoms with van der Waals surface area (Å²) < 4.78 is 4.55. The van der Waals surface area contributed by atoms with Crippen LogP contribution in [-0.2, 0) is 0 Å². The Morgan fingerprint density at radius 3 is 2.75 bits per heavy atom. The third-order valence-electron chi connectivity index (χ3n) is 3.79. The van der Waals surface area contributed by atoms with Crippen molar-refractivity contribution < 1.29 is 4.52 Å². The first-order chi connectivity index (χ1) is 7.68. The molecule has 1 saturated heterocycles. The molecule has 0 radical (unpaired) electrons. The van der Waals surface area contributed by atoms with Gasteiger partial charge in [-0.3, -0.25) is 9.51 Å². The topological polar surface area (TPSA) is 96.9 Å². The van der Waals surface area contributed by atoms with Crippen LogP contribution in [0.5, 0.6) is 0 Å². The monoisotopic (exact) mass is 226 g/mol. The zero-order valence-electron chi connectivity index (χ0n) is 9.45. The van der Waals surface area contributed by atoms with E-state index >= 15 is 0 Å². The Kier molecular flexibility index (Phi) is 3.11. The first kappa shape index (κ1) is 11.3. The number of nitrogens with one attached hydrogen (secondary N) is 2. The summed E-state index contributed by atoms with van der Waals surface area (Å²) in [6, 6.07) is 0. The van der Waals surface area contributed by atoms with Gasteiger partial charge < -0.3 is 11.1 Å². The van der Waals surface area contributed by atoms with E-state index in [-0.39, 0.29) is 11.3 Å². The van der Waals surface area contributed by atoms with E-state index in [1.54, 1.807) is 0 Å². The number of aromatic nitrogens is 2. The van der Waals surface area contributed by atoms with Gasteiger partial charge in [0.2, 0.25) is 0 Å². The van der Waals surface area contributed by atoms with Gasteiger partial charge in [-0.05, 0) is 37.9 Å². The Bertz CT molecular complexity index is 392. The highest BCUT2D eigenvalue weighted by Crippen LogP contribution is 2.40. The minimum absolute atomic E-state index is 0.0189. The second-order valence-electron chi connectivity index (χ2n) is 4.52. The summed E-state index contributed by atoms with van der Waals surface area (Å²) in [6.07, 6.45) is 2.00. The van der Waals surface area contributed by atoms with Gasteiger partial charge in [0.1, 0.15) is 0 Å². The van der Waals surface area contributed by atoms with Gasteiger partial charge in [0.05, 0.1) is 0 Å². The molecule has 6 heteroatoms. The molecule has 2 heterocycles. The van der Waals surface area contributed by atoms with E-state index in [1.807, 2.05) is 6.92 Å². The second-order valence-corrected chi connectivity index (χ2v) is 4.52. The van der Waals surface area contributed by atoms with E-state index in [1.165, 1.54) is 0 Å². The maximum absolute atomic E-state index is 10.9. The summed E-state index contributed by atoms with van der Waals surface area (Å²) >= 11 is 0. The lowest BCUT2D eigenvalue weighted by Crippen LogP contribution is -2.45. The first-order valence-electron chi connectivity index (χ1n) is 5.65. The molecule has 0 aromatic carbocycles. The number of nitrogens with zero attached hydrogens (tertiary/aromatic N) is 1. The van der Waals surface area contributed by atoms with Crippen molar-refractivity contribution in [1.82, 2.24) is 15.5 Å². The largest absolute Gasteiger partial charge is 0.438 e. The highest BCUT2D eigenvalue weighted by atomic mass is 16.5. The van der Waals surface area contributed by atoms with Crippen molar-refractivity contribution in [2.24, 2.45) is 11.1 Å². The number of H-pyrrole nitrogens is 1. The summed E-state index contributed by atoms with van der Waals surface area (Å²) in [5, 5.41) is 7.08. The summed E-state index contributed by atoms with van der Waals surface area (Å²) in [4.78, 5) is 13.6. The smallest absolute Gasteiger partial charge is 0.330 e. The summed E-state index contributed by atoms with van der Waals surface area (Å²) in [6.45, 7) is 4.57. The zero-order chi connectivity index (χ0) is 11.6. The molecule has 1 aromatic rings. The van der Waals surface area contributed by atoms with Gasteiger partial charge >= 0.3 is 5.76 Å². The lowest BCUT2D eigenvalue weighted by atomic mass is 9.69. The van der Waals surface area contributed by atoms with Crippen LogP contribution in [0.4, 0.5) is 0 Å². The van der Waals surface area contributed by atoms with Crippen molar-refractivity contribution >= 4 is 0 Å². The molecule has 90 valence electrons. The molecule has 6 nitrogen and oxygen atoms in total. The second kappa shape index (κ2) is 4.39. The first-order valence-corrected chi connectivity index (χ1v) is 5.65. The quantitative estimate of drug-likeness (QED) is 0.663. The fourth-order valence-corrected chi connectivity index (χ4v) is 2.46. The molecule has 1 fully saturated rings. The average Bonchev–Trinajstić information content (AvgIpc) is 2.76. The Morgan fingerprint density at radius 2 is 2.25 bits per heavy atom. The van der Waals surface area contributed by atoms with Crippen LogP contribution in [0.3, 0.4) is 0 Å². The van der Waals surface area contributed by atoms with Gasteiger partial charge in [-0.15, -0.1) is 0 Å². The predicted molar refractivity (Wildman–Crippen MR) is 59.1 cm³/mol. The van der Waals surface area contributed by atoms with Gasteiger partial charge in [-0.2, -0.15) is 0 Å². The van der Waals surface area contributed by atoms with E-state index in [4.69, 9.17) is 5.73 Å². The third kappa shape index (κ3) is 1.90. The van der Waals surface area contributed by atoms with E-state index in [9.17, 15) is 4.79 Å². The van der Waals surface area contributed by atoms with Crippen LogP contribution in [0.2, 0.25) is 0 Å². The van der Waals surface area contributed by atoms with Crippen LogP contribution in [0.15, 0.2) is 9.32 Å². The van der Waals surface area contributed by atoms with E-state index in [0.29, 0.717) is 12.4 Å². The molecule has 16 heavy (non-hydrogen) atoms. The van der Waals surface area contributed by atoms with Crippen molar-refractivity contribution in [3.05, 3.63) is 16.4 Å². The molecular formula is C10H18N4O2. The molecule has 1 unspecified atom stereocenters. The molecule has 0 saturated carbocycles. The lowest BCUT2D eigenvalue weighted by molar-refractivity contribution is 0.165. The number of rotatable bonds is 3. The van der Waals surface area contributed by atoms with Crippen molar-refractivity contribution in [1.29, 1.82) is 0 Å². The van der Waals surface area contributed by atoms with Crippen molar-refractivity contribution in [2.75, 3.05) is 19.6 Å². The van der Waals surface area contributed by atoms with Crippen LogP contribution in [0, 0.1) is 5.41 Å². The van der Waals surface area contributed by atoms with Gasteiger partial charge in [0, 0.05) is 5.92 Å². The molecule has 0 amide bonds. The molecular weight excluding hydrogens is 208 g/mol. The number of aromatic amines is 1. The molecule has 1 aliphatic heterocycles. The van der Waals surface area contributed by atoms with Crippen molar-refractivity contribution in [2.45, 2.75) is 25.7 Å². The molecule has 1 atom stereocenters. The Morgan fingerprint density at radius 1 is 1.56 bits per heavy atom. The van der Waals surface area contributed by atoms with Crippen LogP contribution >= 0.6 is 0 Å². The van der Waals surface area contributed by atoms with Gasteiger partial charge in [0.25, 0.3) is 0 Å². The van der Waals surface area contributed by atoms with Crippen molar-refractivity contribution in [3.8, 4) is 0 Å². The van der Waals surface area contributed by atoms with Crippen LogP contribution < -0.4 is 16.8 Å². The maximum atomic E-state index is 10.9. The molecule has 1 aromatic heterocycles. The minimum Gasteiger partial charge on any atom is -0.330 e. The molecule has 0 aliphatic carbocycles. The minimum atomic E-state index is -0.497. The predicted octanol–water partition coefficient (Wildman–Crippen LogP) is -0.205. The number of hydrogen-bond donors (Lipinski definition) is 3. The lowest BCUT2D eigenvalue weighted by Gasteiger charge is -2.40. The highest BCUT2D eigenvalue weighted by Gasteiger charge is 2.38. The SMILES string of the molecule is CC(c1noc(=O)[nH]1)C1(CN)CCNCC1. The molecule has 0 bridgehead atoms. The normalized spacial score (nSPS) is 21.9. The molecule has 2 rings (SSSR count). The van der Waals surface area contributed by atoms with Crippen LogP contribution in [-0.4, -0.2) is 29.8 Å². The number of hydrogen-bond acceptors (Lipinski definition) is 5. The van der Waals surface area contributed by atoms with Crippen LogP contribution in [0.1, 0.15) is 31.5 Å². The Balaban J connectivity index is 2.23. The summed E-state index contributed by atoms with van der Waals surface area (Å²) in [5.74, 6) is 0.228.